The van der Waals surface area contributed by atoms with E-state index >= 15 is 0 Å². The zero-order valence-electron chi connectivity index (χ0n) is 29.8. The predicted octanol–water partition coefficient (Wildman–Crippen LogP) is 9.64. The molecule has 5 rings (SSSR count). The Labute approximate surface area is 382 Å². The molecule has 0 heterocycles. The topological polar surface area (TPSA) is 158 Å². The summed E-state index contributed by atoms with van der Waals surface area (Å²) in [5.41, 5.74) is 35.9. The number of benzene rings is 5. The van der Waals surface area contributed by atoms with Crippen LogP contribution in [0.5, 0.6) is 17.2 Å². The molecule has 0 radical (unpaired) electrons. The molecule has 0 saturated carbocycles. The summed E-state index contributed by atoms with van der Waals surface area (Å²) in [6.07, 6.45) is 0. The number of rotatable bonds is 19. The van der Waals surface area contributed by atoms with Crippen molar-refractivity contribution in [1.29, 1.82) is 0 Å². The standard InChI is InChI=1S/C40H41Br2Cl3IN5O3S2/c41-24-7-11-28(12-8-24)52-20-35(47)39(51,38(50)23-55-31-5-1-3-25(42)17-31)40(56-32-6-2-4-26(43)18-32,36(48)21-53-29-13-9-27(46)10-14-29)37(49)22-54-30-15-16-33(44)34(45)19-30/h1-19,35-38H,20-23,47-51H2. The lowest BCUT2D eigenvalue weighted by molar-refractivity contribution is 0.101. The second-order valence-electron chi connectivity index (χ2n) is 12.9. The summed E-state index contributed by atoms with van der Waals surface area (Å²) in [5, 5.41) is 1.22. The average molecular weight is 1100 g/mol. The number of nitrogens with two attached hydrogens (primary N) is 5. The highest BCUT2D eigenvalue weighted by Gasteiger charge is 2.63. The molecule has 0 aliphatic carbocycles. The Kier molecular flexibility index (Phi) is 17.3. The summed E-state index contributed by atoms with van der Waals surface area (Å²) in [4.78, 5) is 1.71. The molecule has 298 valence electrons. The van der Waals surface area contributed by atoms with Gasteiger partial charge in [-0.3, -0.25) is 0 Å². The summed E-state index contributed by atoms with van der Waals surface area (Å²) in [6, 6.07) is 31.7. The van der Waals surface area contributed by atoms with E-state index in [2.05, 4.69) is 54.5 Å². The van der Waals surface area contributed by atoms with Crippen LogP contribution in [0.25, 0.3) is 0 Å². The summed E-state index contributed by atoms with van der Waals surface area (Å²) in [6.45, 7) is -0.122. The van der Waals surface area contributed by atoms with Crippen LogP contribution in [0.4, 0.5) is 0 Å². The molecule has 0 fully saturated rings. The first-order valence-electron chi connectivity index (χ1n) is 17.2. The monoisotopic (exact) mass is 1090 g/mol. The normalized spacial score (nSPS) is 15.8. The van der Waals surface area contributed by atoms with E-state index in [4.69, 9.17) is 77.7 Å². The van der Waals surface area contributed by atoms with Gasteiger partial charge in [0.05, 0.1) is 38.5 Å². The average Bonchev–Trinajstić information content (AvgIpc) is 3.18. The van der Waals surface area contributed by atoms with E-state index < -0.39 is 34.5 Å². The number of halogens is 6. The number of ether oxygens (including phenoxy) is 3. The van der Waals surface area contributed by atoms with E-state index in [-0.39, 0.29) is 19.8 Å². The molecule has 0 saturated heterocycles. The maximum atomic E-state index is 7.91. The Morgan fingerprint density at radius 2 is 1.14 bits per heavy atom. The van der Waals surface area contributed by atoms with Gasteiger partial charge in [-0.15, -0.1) is 23.5 Å². The van der Waals surface area contributed by atoms with Crippen molar-refractivity contribution in [3.05, 3.63) is 143 Å². The quantitative estimate of drug-likeness (QED) is 0.0399. The van der Waals surface area contributed by atoms with Crippen LogP contribution in [0.3, 0.4) is 0 Å². The highest BCUT2D eigenvalue weighted by molar-refractivity contribution is 14.1. The van der Waals surface area contributed by atoms with Crippen LogP contribution in [0.1, 0.15) is 0 Å². The van der Waals surface area contributed by atoms with Gasteiger partial charge >= 0.3 is 0 Å². The number of thioether (sulfide) groups is 2. The Bertz CT molecular complexity index is 2050. The van der Waals surface area contributed by atoms with Crippen LogP contribution in [0, 0.1) is 3.57 Å². The van der Waals surface area contributed by atoms with Gasteiger partial charge in [0.1, 0.15) is 37.1 Å². The summed E-state index contributed by atoms with van der Waals surface area (Å²) < 4.78 is 20.5. The van der Waals surface area contributed by atoms with E-state index in [0.717, 1.165) is 22.3 Å². The second kappa shape index (κ2) is 21.2. The van der Waals surface area contributed by atoms with Crippen LogP contribution in [0.2, 0.25) is 15.1 Å². The fraction of sp³-hybridized carbons (Fsp3) is 0.250. The minimum absolute atomic E-state index is 0.0145. The third-order valence-corrected chi connectivity index (χ3v) is 14.7. The molecule has 0 amide bonds. The molecule has 0 spiro atoms. The first-order chi connectivity index (χ1) is 26.7. The van der Waals surface area contributed by atoms with E-state index in [1.54, 1.807) is 24.3 Å². The van der Waals surface area contributed by atoms with Crippen LogP contribution < -0.4 is 42.9 Å². The SMILES string of the molecule is NC(COc1ccc(Br)cc1)C(N)(C(N)CSc1cccc(Br)c1)C(Sc1cccc(Cl)c1)(C(N)COc1ccc(I)cc1)C(N)COc1ccc(Cl)c(Cl)c1. The molecule has 0 aliphatic heterocycles. The molecule has 10 N–H and O–H groups in total. The van der Waals surface area contributed by atoms with Crippen molar-refractivity contribution in [2.45, 2.75) is 44.2 Å². The fourth-order valence-electron chi connectivity index (χ4n) is 6.19. The second-order valence-corrected chi connectivity index (χ2v) is 19.7. The molecule has 8 nitrogen and oxygen atoms in total. The first kappa shape index (κ1) is 45.6. The maximum Gasteiger partial charge on any atom is 0.120 e. The molecule has 0 bridgehead atoms. The van der Waals surface area contributed by atoms with Gasteiger partial charge < -0.3 is 42.9 Å². The summed E-state index contributed by atoms with van der Waals surface area (Å²) in [5.74, 6) is 1.99. The van der Waals surface area contributed by atoms with Crippen molar-refractivity contribution in [2.24, 2.45) is 28.7 Å². The Balaban J connectivity index is 1.66. The van der Waals surface area contributed by atoms with Gasteiger partial charge in [0.15, 0.2) is 0 Å². The molecular weight excluding hydrogens is 1060 g/mol. The number of hydrogen-bond acceptors (Lipinski definition) is 10. The minimum atomic E-state index is -1.59. The fourth-order valence-corrected chi connectivity index (χ4v) is 10.6. The molecule has 6 unspecified atom stereocenters. The van der Waals surface area contributed by atoms with Crippen molar-refractivity contribution in [2.75, 3.05) is 25.6 Å². The van der Waals surface area contributed by atoms with E-state index in [1.165, 1.54) is 23.5 Å². The Morgan fingerprint density at radius 1 is 0.589 bits per heavy atom. The zero-order valence-corrected chi connectivity index (χ0v) is 39.0. The largest absolute Gasteiger partial charge is 0.492 e. The van der Waals surface area contributed by atoms with E-state index in [9.17, 15) is 0 Å². The van der Waals surface area contributed by atoms with E-state index in [0.29, 0.717) is 38.1 Å². The lowest BCUT2D eigenvalue weighted by atomic mass is 9.67. The Hall–Kier alpha value is -1.44. The van der Waals surface area contributed by atoms with Crippen LogP contribution in [-0.4, -0.2) is 60.0 Å². The van der Waals surface area contributed by atoms with Crippen molar-refractivity contribution < 1.29 is 14.2 Å². The lowest BCUT2D eigenvalue weighted by Crippen LogP contribution is -2.85. The van der Waals surface area contributed by atoms with Gasteiger partial charge in [0.2, 0.25) is 0 Å². The van der Waals surface area contributed by atoms with Gasteiger partial charge in [-0.1, -0.05) is 78.8 Å². The Morgan fingerprint density at radius 3 is 1.75 bits per heavy atom. The molecule has 0 aliphatic rings. The number of hydrogen-bond donors (Lipinski definition) is 5. The highest BCUT2D eigenvalue weighted by atomic mass is 127. The predicted molar refractivity (Wildman–Crippen MR) is 250 cm³/mol. The van der Waals surface area contributed by atoms with E-state index in [1.807, 2.05) is 91.0 Å². The summed E-state index contributed by atoms with van der Waals surface area (Å²) in [7, 11) is 0. The van der Waals surface area contributed by atoms with Crippen LogP contribution in [-0.2, 0) is 0 Å². The van der Waals surface area contributed by atoms with Crippen molar-refractivity contribution in [3.8, 4) is 17.2 Å². The van der Waals surface area contributed by atoms with Gasteiger partial charge in [-0.25, -0.2) is 0 Å². The van der Waals surface area contributed by atoms with Gasteiger partial charge in [-0.05, 0) is 120 Å². The smallest absolute Gasteiger partial charge is 0.120 e. The lowest BCUT2D eigenvalue weighted by Gasteiger charge is -2.58. The molecule has 5 aromatic rings. The molecule has 5 aromatic carbocycles. The third-order valence-electron chi connectivity index (χ3n) is 9.12. The van der Waals surface area contributed by atoms with Crippen molar-refractivity contribution in [3.63, 3.8) is 0 Å². The highest BCUT2D eigenvalue weighted by Crippen LogP contribution is 2.48. The van der Waals surface area contributed by atoms with Crippen molar-refractivity contribution >= 4 is 113 Å². The van der Waals surface area contributed by atoms with Gasteiger partial charge in [0, 0.05) is 45.2 Å². The van der Waals surface area contributed by atoms with Crippen molar-refractivity contribution in [1.82, 2.24) is 0 Å². The van der Waals surface area contributed by atoms with Gasteiger partial charge in [-0.2, -0.15) is 0 Å². The molecule has 0 aromatic heterocycles. The molecule has 6 atom stereocenters. The third kappa shape index (κ3) is 11.6. The minimum Gasteiger partial charge on any atom is -0.492 e. The van der Waals surface area contributed by atoms with Gasteiger partial charge in [0.25, 0.3) is 0 Å². The van der Waals surface area contributed by atoms with Crippen LogP contribution >= 0.6 is 113 Å². The molecule has 56 heavy (non-hydrogen) atoms. The maximum absolute atomic E-state index is 7.91. The first-order valence-corrected chi connectivity index (χ1v) is 22.8. The van der Waals surface area contributed by atoms with Crippen LogP contribution in [0.15, 0.2) is 134 Å². The molecule has 16 heteroatoms. The summed E-state index contributed by atoms with van der Waals surface area (Å²) >= 11 is 31.4. The molecular formula is C40H41Br2Cl3IN5O3S2. The zero-order chi connectivity index (χ0) is 40.5.